The molecular weight excluding hydrogens is 446 g/mol. The molecule has 2 fully saturated rings. The van der Waals surface area contributed by atoms with E-state index >= 15 is 0 Å². The van der Waals surface area contributed by atoms with Crippen LogP contribution in [0.4, 0.5) is 10.3 Å². The standard InChI is InChI=1S/C19H20FIN4O/c1-11-8-12(2)23-19(22-11)25-9-13-6-7-24(10-16(13)25)18(26)14-4-3-5-15(20)17(14)21/h3-5,8,13,16H,6-7,9-10H2,1-2H3/t13-,16-/m0/s1. The van der Waals surface area contributed by atoms with Gasteiger partial charge < -0.3 is 9.80 Å². The smallest absolute Gasteiger partial charge is 0.255 e. The van der Waals surface area contributed by atoms with Gasteiger partial charge in [-0.3, -0.25) is 4.79 Å². The molecule has 1 amide bonds. The number of amides is 1. The van der Waals surface area contributed by atoms with Crippen molar-refractivity contribution in [3.8, 4) is 0 Å². The minimum Gasteiger partial charge on any atom is -0.337 e. The van der Waals surface area contributed by atoms with E-state index in [-0.39, 0.29) is 17.8 Å². The molecule has 5 nitrogen and oxygen atoms in total. The highest BCUT2D eigenvalue weighted by molar-refractivity contribution is 14.1. The predicted octanol–water partition coefficient (Wildman–Crippen LogP) is 3.19. The van der Waals surface area contributed by atoms with Crippen LogP contribution in [0.25, 0.3) is 0 Å². The number of hydrogen-bond acceptors (Lipinski definition) is 4. The second-order valence-electron chi connectivity index (χ2n) is 7.07. The lowest BCUT2D eigenvalue weighted by molar-refractivity contribution is 0.0588. The molecule has 26 heavy (non-hydrogen) atoms. The highest BCUT2D eigenvalue weighted by Crippen LogP contribution is 2.35. The fourth-order valence-corrected chi connectivity index (χ4v) is 4.48. The first kappa shape index (κ1) is 17.6. The van der Waals surface area contributed by atoms with Gasteiger partial charge in [-0.05, 0) is 61.1 Å². The van der Waals surface area contributed by atoms with Gasteiger partial charge in [0.05, 0.1) is 15.2 Å². The Morgan fingerprint density at radius 1 is 1.23 bits per heavy atom. The number of likely N-dealkylation sites (tertiary alicyclic amines) is 1. The summed E-state index contributed by atoms with van der Waals surface area (Å²) in [5, 5.41) is 0. The Morgan fingerprint density at radius 2 is 1.96 bits per heavy atom. The molecule has 2 saturated heterocycles. The Labute approximate surface area is 165 Å². The average molecular weight is 466 g/mol. The van der Waals surface area contributed by atoms with Gasteiger partial charge in [-0.25, -0.2) is 14.4 Å². The lowest BCUT2D eigenvalue weighted by Gasteiger charge is -2.53. The first-order valence-corrected chi connectivity index (χ1v) is 9.84. The summed E-state index contributed by atoms with van der Waals surface area (Å²) >= 11 is 1.91. The molecule has 0 unspecified atom stereocenters. The van der Waals surface area contributed by atoms with Crippen molar-refractivity contribution in [2.75, 3.05) is 24.5 Å². The van der Waals surface area contributed by atoms with Gasteiger partial charge in [-0.2, -0.15) is 0 Å². The number of aryl methyl sites for hydroxylation is 2. The minimum absolute atomic E-state index is 0.0967. The highest BCUT2D eigenvalue weighted by Gasteiger charge is 2.45. The van der Waals surface area contributed by atoms with Gasteiger partial charge in [0, 0.05) is 36.9 Å². The van der Waals surface area contributed by atoms with Crippen LogP contribution in [0.3, 0.4) is 0 Å². The highest BCUT2D eigenvalue weighted by atomic mass is 127. The Bertz CT molecular complexity index is 854. The summed E-state index contributed by atoms with van der Waals surface area (Å²) in [5.41, 5.74) is 2.35. The summed E-state index contributed by atoms with van der Waals surface area (Å²) in [6, 6.07) is 6.88. The van der Waals surface area contributed by atoms with E-state index in [1.54, 1.807) is 12.1 Å². The Kier molecular flexibility index (Phi) is 4.58. The third-order valence-electron chi connectivity index (χ3n) is 5.25. The number of piperidine rings is 1. The third-order valence-corrected chi connectivity index (χ3v) is 6.35. The lowest BCUT2D eigenvalue weighted by Crippen LogP contribution is -2.65. The molecule has 2 atom stereocenters. The van der Waals surface area contributed by atoms with Crippen LogP contribution in [0.2, 0.25) is 0 Å². The van der Waals surface area contributed by atoms with Gasteiger partial charge in [-0.15, -0.1) is 0 Å². The maximum absolute atomic E-state index is 13.8. The quantitative estimate of drug-likeness (QED) is 0.639. The van der Waals surface area contributed by atoms with Crippen molar-refractivity contribution in [1.82, 2.24) is 14.9 Å². The van der Waals surface area contributed by atoms with Crippen molar-refractivity contribution in [3.63, 3.8) is 0 Å². The molecule has 136 valence electrons. The molecule has 0 radical (unpaired) electrons. The maximum atomic E-state index is 13.8. The molecular formula is C19H20FIN4O. The Morgan fingerprint density at radius 3 is 2.69 bits per heavy atom. The molecule has 3 heterocycles. The zero-order valence-corrected chi connectivity index (χ0v) is 16.9. The summed E-state index contributed by atoms with van der Waals surface area (Å²) < 4.78 is 14.2. The van der Waals surface area contributed by atoms with Crippen molar-refractivity contribution in [2.24, 2.45) is 5.92 Å². The fourth-order valence-electron chi connectivity index (χ4n) is 3.89. The van der Waals surface area contributed by atoms with Crippen LogP contribution in [0.15, 0.2) is 24.3 Å². The van der Waals surface area contributed by atoms with Gasteiger partial charge in [0.1, 0.15) is 5.82 Å². The summed E-state index contributed by atoms with van der Waals surface area (Å²) in [6.07, 6.45) is 0.962. The van der Waals surface area contributed by atoms with Gasteiger partial charge in [0.15, 0.2) is 0 Å². The second kappa shape index (κ2) is 6.75. The number of carbonyl (C=O) groups is 1. The topological polar surface area (TPSA) is 49.3 Å². The zero-order chi connectivity index (χ0) is 18.4. The van der Waals surface area contributed by atoms with Crippen LogP contribution in [-0.2, 0) is 0 Å². The summed E-state index contributed by atoms with van der Waals surface area (Å²) in [4.78, 5) is 26.1. The van der Waals surface area contributed by atoms with Gasteiger partial charge in [-0.1, -0.05) is 6.07 Å². The first-order valence-electron chi connectivity index (χ1n) is 8.76. The molecule has 1 aromatic heterocycles. The van der Waals surface area contributed by atoms with E-state index in [9.17, 15) is 9.18 Å². The van der Waals surface area contributed by atoms with Crippen LogP contribution in [0.1, 0.15) is 28.2 Å². The molecule has 0 N–H and O–H groups in total. The molecule has 2 aromatic rings. The van der Waals surface area contributed by atoms with Crippen LogP contribution < -0.4 is 4.90 Å². The molecule has 0 aliphatic carbocycles. The van der Waals surface area contributed by atoms with Crippen molar-refractivity contribution in [1.29, 1.82) is 0 Å². The predicted molar refractivity (Wildman–Crippen MR) is 106 cm³/mol. The summed E-state index contributed by atoms with van der Waals surface area (Å²) in [7, 11) is 0. The average Bonchev–Trinajstić information content (AvgIpc) is 2.57. The summed E-state index contributed by atoms with van der Waals surface area (Å²) in [6.45, 7) is 6.23. The maximum Gasteiger partial charge on any atom is 0.255 e. The molecule has 7 heteroatoms. The molecule has 0 spiro atoms. The van der Waals surface area contributed by atoms with Crippen molar-refractivity contribution in [2.45, 2.75) is 26.3 Å². The molecule has 2 aliphatic heterocycles. The van der Waals surface area contributed by atoms with Crippen LogP contribution in [0.5, 0.6) is 0 Å². The monoisotopic (exact) mass is 466 g/mol. The van der Waals surface area contributed by atoms with Crippen molar-refractivity contribution in [3.05, 3.63) is 50.6 Å². The number of nitrogens with zero attached hydrogens (tertiary/aromatic N) is 4. The Balaban J connectivity index is 1.53. The number of fused-ring (bicyclic) bond motifs is 1. The van der Waals surface area contributed by atoms with Crippen LogP contribution in [0, 0.1) is 29.2 Å². The van der Waals surface area contributed by atoms with E-state index in [0.29, 0.717) is 28.1 Å². The lowest BCUT2D eigenvalue weighted by atomic mass is 9.82. The van der Waals surface area contributed by atoms with E-state index in [2.05, 4.69) is 14.9 Å². The number of rotatable bonds is 2. The van der Waals surface area contributed by atoms with Crippen molar-refractivity contribution < 1.29 is 9.18 Å². The van der Waals surface area contributed by atoms with Crippen LogP contribution >= 0.6 is 22.6 Å². The van der Waals surface area contributed by atoms with E-state index in [4.69, 9.17) is 0 Å². The van der Waals surface area contributed by atoms with Crippen molar-refractivity contribution >= 4 is 34.4 Å². The minimum atomic E-state index is -0.347. The number of benzene rings is 1. The zero-order valence-electron chi connectivity index (χ0n) is 14.7. The molecule has 0 saturated carbocycles. The van der Waals surface area contributed by atoms with Gasteiger partial charge in [0.25, 0.3) is 5.91 Å². The first-order chi connectivity index (χ1) is 12.4. The largest absolute Gasteiger partial charge is 0.337 e. The van der Waals surface area contributed by atoms with Gasteiger partial charge in [0.2, 0.25) is 5.95 Å². The Hall–Kier alpha value is -1.77. The second-order valence-corrected chi connectivity index (χ2v) is 8.15. The number of hydrogen-bond donors (Lipinski definition) is 0. The number of aromatic nitrogens is 2. The third kappa shape index (κ3) is 3.06. The number of anilines is 1. The normalized spacial score (nSPS) is 22.0. The number of carbonyl (C=O) groups excluding carboxylic acids is 1. The molecule has 2 aliphatic rings. The van der Waals surface area contributed by atoms with Gasteiger partial charge >= 0.3 is 0 Å². The van der Waals surface area contributed by atoms with E-state index in [1.807, 2.05) is 47.4 Å². The molecule has 1 aromatic carbocycles. The molecule has 0 bridgehead atoms. The van der Waals surface area contributed by atoms with Crippen LogP contribution in [-0.4, -0.2) is 46.5 Å². The number of halogens is 2. The fraction of sp³-hybridized carbons (Fsp3) is 0.421. The van der Waals surface area contributed by atoms with E-state index in [1.165, 1.54) is 6.07 Å². The molecule has 4 rings (SSSR count). The van der Waals surface area contributed by atoms with E-state index in [0.717, 1.165) is 30.3 Å². The van der Waals surface area contributed by atoms with E-state index < -0.39 is 0 Å². The summed E-state index contributed by atoms with van der Waals surface area (Å²) in [5.74, 6) is 0.870. The SMILES string of the molecule is Cc1cc(C)nc(N2C[C@@H]3CCN(C(=O)c4cccc(F)c4I)C[C@@H]32)n1.